The van der Waals surface area contributed by atoms with Crippen LogP contribution in [0.3, 0.4) is 0 Å². The molecule has 0 radical (unpaired) electrons. The van der Waals surface area contributed by atoms with Crippen molar-refractivity contribution in [1.82, 2.24) is 4.98 Å². The lowest BCUT2D eigenvalue weighted by Gasteiger charge is -2.11. The van der Waals surface area contributed by atoms with Gasteiger partial charge in [-0.05, 0) is 19.1 Å². The van der Waals surface area contributed by atoms with E-state index in [0.29, 0.717) is 22.6 Å². The van der Waals surface area contributed by atoms with Crippen LogP contribution in [-0.4, -0.2) is 15.7 Å². The standard InChI is InChI=1S/C14H14N4O3/c1-9-11(18(19)20)5-2-6-12(9)21-8-10-4-3-7-17-13(10)14(15)16/h2-7H,8H2,1H3,(H3,15,16). The molecule has 0 aliphatic carbocycles. The molecule has 7 heteroatoms. The summed E-state index contributed by atoms with van der Waals surface area (Å²) < 4.78 is 5.61. The fourth-order valence-electron chi connectivity index (χ4n) is 1.91. The van der Waals surface area contributed by atoms with Crippen LogP contribution in [0.15, 0.2) is 36.5 Å². The first-order chi connectivity index (χ1) is 10.0. The van der Waals surface area contributed by atoms with Crippen LogP contribution < -0.4 is 10.5 Å². The van der Waals surface area contributed by atoms with E-state index in [1.165, 1.54) is 6.07 Å². The number of aromatic nitrogens is 1. The number of nitro benzene ring substituents is 1. The van der Waals surface area contributed by atoms with Crippen LogP contribution in [0.2, 0.25) is 0 Å². The van der Waals surface area contributed by atoms with Crippen LogP contribution in [0.5, 0.6) is 5.75 Å². The Morgan fingerprint density at radius 1 is 1.43 bits per heavy atom. The highest BCUT2D eigenvalue weighted by atomic mass is 16.6. The number of nitrogen functional groups attached to an aromatic ring is 1. The number of hydrogen-bond acceptors (Lipinski definition) is 5. The van der Waals surface area contributed by atoms with Crippen LogP contribution in [0, 0.1) is 22.4 Å². The molecule has 108 valence electrons. The van der Waals surface area contributed by atoms with Gasteiger partial charge in [0.25, 0.3) is 5.69 Å². The summed E-state index contributed by atoms with van der Waals surface area (Å²) in [7, 11) is 0. The first kappa shape index (κ1) is 14.4. The van der Waals surface area contributed by atoms with Crippen LogP contribution in [0.1, 0.15) is 16.8 Å². The van der Waals surface area contributed by atoms with Crippen molar-refractivity contribution >= 4 is 11.5 Å². The van der Waals surface area contributed by atoms with E-state index in [-0.39, 0.29) is 18.1 Å². The molecule has 0 saturated carbocycles. The van der Waals surface area contributed by atoms with E-state index >= 15 is 0 Å². The van der Waals surface area contributed by atoms with Crippen molar-refractivity contribution in [3.63, 3.8) is 0 Å². The van der Waals surface area contributed by atoms with E-state index in [1.807, 2.05) is 0 Å². The Labute approximate surface area is 121 Å². The number of nitrogens with one attached hydrogen (secondary N) is 1. The molecule has 0 fully saturated rings. The van der Waals surface area contributed by atoms with Gasteiger partial charge in [-0.2, -0.15) is 0 Å². The van der Waals surface area contributed by atoms with Crippen molar-refractivity contribution in [3.8, 4) is 5.75 Å². The van der Waals surface area contributed by atoms with Gasteiger partial charge in [-0.3, -0.25) is 20.5 Å². The average molecular weight is 286 g/mol. The minimum atomic E-state index is -0.451. The van der Waals surface area contributed by atoms with Crippen molar-refractivity contribution < 1.29 is 9.66 Å². The SMILES string of the molecule is Cc1c(OCc2cccnc2C(=N)N)cccc1[N+](=O)[O-]. The number of nitrogens with two attached hydrogens (primary N) is 1. The summed E-state index contributed by atoms with van der Waals surface area (Å²) >= 11 is 0. The molecule has 21 heavy (non-hydrogen) atoms. The van der Waals surface area contributed by atoms with E-state index in [9.17, 15) is 10.1 Å². The first-order valence-electron chi connectivity index (χ1n) is 6.15. The predicted octanol–water partition coefficient (Wildman–Crippen LogP) is 2.16. The number of nitrogens with zero attached hydrogens (tertiary/aromatic N) is 2. The summed E-state index contributed by atoms with van der Waals surface area (Å²) in [6, 6.07) is 8.11. The van der Waals surface area contributed by atoms with Crippen molar-refractivity contribution in [2.75, 3.05) is 0 Å². The Bertz CT molecular complexity index is 700. The second kappa shape index (κ2) is 6.00. The molecule has 0 saturated heterocycles. The molecular weight excluding hydrogens is 272 g/mol. The summed E-state index contributed by atoms with van der Waals surface area (Å²) in [6.45, 7) is 1.76. The average Bonchev–Trinajstić information content (AvgIpc) is 2.46. The molecule has 0 bridgehead atoms. The minimum Gasteiger partial charge on any atom is -0.488 e. The lowest BCUT2D eigenvalue weighted by atomic mass is 10.1. The van der Waals surface area contributed by atoms with E-state index < -0.39 is 4.92 Å². The summed E-state index contributed by atoms with van der Waals surface area (Å²) in [5, 5.41) is 18.3. The maximum atomic E-state index is 10.9. The maximum absolute atomic E-state index is 10.9. The Morgan fingerprint density at radius 3 is 2.86 bits per heavy atom. The van der Waals surface area contributed by atoms with Gasteiger partial charge < -0.3 is 10.5 Å². The zero-order chi connectivity index (χ0) is 15.4. The van der Waals surface area contributed by atoms with E-state index in [4.69, 9.17) is 15.9 Å². The van der Waals surface area contributed by atoms with Gasteiger partial charge >= 0.3 is 0 Å². The lowest BCUT2D eigenvalue weighted by molar-refractivity contribution is -0.385. The normalized spacial score (nSPS) is 10.1. The highest BCUT2D eigenvalue weighted by molar-refractivity contribution is 5.94. The molecule has 1 heterocycles. The van der Waals surface area contributed by atoms with Gasteiger partial charge in [-0.15, -0.1) is 0 Å². The topological polar surface area (TPSA) is 115 Å². The Morgan fingerprint density at radius 2 is 2.19 bits per heavy atom. The molecule has 0 spiro atoms. The Kier molecular flexibility index (Phi) is 4.13. The Hall–Kier alpha value is -2.96. The minimum absolute atomic E-state index is 0.00507. The lowest BCUT2D eigenvalue weighted by Crippen LogP contribution is -2.16. The molecule has 0 atom stereocenters. The van der Waals surface area contributed by atoms with Gasteiger partial charge in [-0.25, -0.2) is 0 Å². The van der Waals surface area contributed by atoms with Gasteiger partial charge in [0.2, 0.25) is 0 Å². The molecule has 1 aromatic carbocycles. The molecule has 0 unspecified atom stereocenters. The molecule has 1 aromatic heterocycles. The summed E-state index contributed by atoms with van der Waals surface area (Å²) in [5.74, 6) is 0.271. The van der Waals surface area contributed by atoms with Gasteiger partial charge in [0, 0.05) is 17.8 Å². The van der Waals surface area contributed by atoms with Crippen molar-refractivity contribution in [2.24, 2.45) is 5.73 Å². The van der Waals surface area contributed by atoms with Crippen molar-refractivity contribution in [1.29, 1.82) is 5.41 Å². The number of pyridine rings is 1. The predicted molar refractivity (Wildman–Crippen MR) is 77.4 cm³/mol. The summed E-state index contributed by atoms with van der Waals surface area (Å²) in [5.41, 5.74) is 6.91. The number of amidine groups is 1. The number of nitro groups is 1. The number of ether oxygens (including phenoxy) is 1. The zero-order valence-corrected chi connectivity index (χ0v) is 11.4. The van der Waals surface area contributed by atoms with Crippen LogP contribution >= 0.6 is 0 Å². The third-order valence-electron chi connectivity index (χ3n) is 2.98. The summed E-state index contributed by atoms with van der Waals surface area (Å²) in [4.78, 5) is 14.5. The second-order valence-corrected chi connectivity index (χ2v) is 4.37. The molecular formula is C14H14N4O3. The molecule has 0 aliphatic heterocycles. The molecule has 3 N–H and O–H groups in total. The van der Waals surface area contributed by atoms with Crippen LogP contribution in [-0.2, 0) is 6.61 Å². The molecule has 0 aliphatic rings. The van der Waals surface area contributed by atoms with Gasteiger partial charge in [0.1, 0.15) is 23.9 Å². The zero-order valence-electron chi connectivity index (χ0n) is 11.4. The number of rotatable bonds is 5. The first-order valence-corrected chi connectivity index (χ1v) is 6.15. The smallest absolute Gasteiger partial charge is 0.276 e. The van der Waals surface area contributed by atoms with Gasteiger partial charge in [-0.1, -0.05) is 12.1 Å². The van der Waals surface area contributed by atoms with E-state index in [0.717, 1.165) is 0 Å². The van der Waals surface area contributed by atoms with Crippen molar-refractivity contribution in [2.45, 2.75) is 13.5 Å². The largest absolute Gasteiger partial charge is 0.488 e. The fourth-order valence-corrected chi connectivity index (χ4v) is 1.91. The van der Waals surface area contributed by atoms with Gasteiger partial charge in [0.15, 0.2) is 0 Å². The molecule has 2 aromatic rings. The third-order valence-corrected chi connectivity index (χ3v) is 2.98. The molecule has 2 rings (SSSR count). The maximum Gasteiger partial charge on any atom is 0.276 e. The van der Waals surface area contributed by atoms with Crippen LogP contribution in [0.25, 0.3) is 0 Å². The highest BCUT2D eigenvalue weighted by Gasteiger charge is 2.15. The molecule has 0 amide bonds. The fraction of sp³-hybridized carbons (Fsp3) is 0.143. The summed E-state index contributed by atoms with van der Waals surface area (Å²) in [6.07, 6.45) is 1.54. The number of hydrogen-bond donors (Lipinski definition) is 2. The van der Waals surface area contributed by atoms with Gasteiger partial charge in [0.05, 0.1) is 10.5 Å². The van der Waals surface area contributed by atoms with Crippen LogP contribution in [0.4, 0.5) is 5.69 Å². The Balaban J connectivity index is 2.23. The van der Waals surface area contributed by atoms with E-state index in [2.05, 4.69) is 4.98 Å². The monoisotopic (exact) mass is 286 g/mol. The highest BCUT2D eigenvalue weighted by Crippen LogP contribution is 2.27. The van der Waals surface area contributed by atoms with Crippen molar-refractivity contribution in [3.05, 3.63) is 63.5 Å². The number of benzene rings is 1. The third kappa shape index (κ3) is 3.14. The quantitative estimate of drug-likeness (QED) is 0.378. The molecule has 7 nitrogen and oxygen atoms in total. The second-order valence-electron chi connectivity index (χ2n) is 4.37. The van der Waals surface area contributed by atoms with E-state index in [1.54, 1.807) is 37.4 Å².